The van der Waals surface area contributed by atoms with E-state index in [2.05, 4.69) is 10.1 Å². The van der Waals surface area contributed by atoms with Crippen molar-refractivity contribution < 1.29 is 14.4 Å². The van der Waals surface area contributed by atoms with Crippen molar-refractivity contribution in [3.05, 3.63) is 30.2 Å². The lowest BCUT2D eigenvalue weighted by Gasteiger charge is -2.03. The number of aliphatic hydroxyl groups is 1. The highest BCUT2D eigenvalue weighted by molar-refractivity contribution is 5.63. The third-order valence-corrected chi connectivity index (χ3v) is 2.15. The van der Waals surface area contributed by atoms with Crippen LogP contribution in [0.3, 0.4) is 0 Å². The Kier molecular flexibility index (Phi) is 2.87. The van der Waals surface area contributed by atoms with Gasteiger partial charge in [0.2, 0.25) is 5.82 Å². The monoisotopic (exact) mass is 220 g/mol. The SMILES string of the molecule is COc1ccccc1-c1noc(C(C)O)n1. The van der Waals surface area contributed by atoms with Crippen LogP contribution < -0.4 is 4.74 Å². The third-order valence-electron chi connectivity index (χ3n) is 2.15. The van der Waals surface area contributed by atoms with E-state index < -0.39 is 6.10 Å². The normalized spacial score (nSPS) is 12.4. The maximum atomic E-state index is 9.28. The van der Waals surface area contributed by atoms with Crippen LogP contribution in [-0.2, 0) is 0 Å². The van der Waals surface area contributed by atoms with E-state index in [1.807, 2.05) is 24.3 Å². The molecule has 1 heterocycles. The summed E-state index contributed by atoms with van der Waals surface area (Å²) in [5, 5.41) is 13.1. The smallest absolute Gasteiger partial charge is 0.255 e. The number of aromatic nitrogens is 2. The Hall–Kier alpha value is -1.88. The zero-order valence-electron chi connectivity index (χ0n) is 9.04. The van der Waals surface area contributed by atoms with Crippen molar-refractivity contribution in [1.29, 1.82) is 0 Å². The first-order chi connectivity index (χ1) is 7.72. The van der Waals surface area contributed by atoms with Crippen molar-refractivity contribution >= 4 is 0 Å². The molecule has 0 spiro atoms. The molecule has 0 aliphatic rings. The minimum absolute atomic E-state index is 0.195. The predicted octanol–water partition coefficient (Wildman–Crippen LogP) is 1.80. The van der Waals surface area contributed by atoms with Gasteiger partial charge in [-0.25, -0.2) is 0 Å². The largest absolute Gasteiger partial charge is 0.496 e. The average molecular weight is 220 g/mol. The first-order valence-electron chi connectivity index (χ1n) is 4.87. The first kappa shape index (κ1) is 10.6. The Labute approximate surface area is 92.7 Å². The summed E-state index contributed by atoms with van der Waals surface area (Å²) in [4.78, 5) is 4.08. The number of hydrogen-bond acceptors (Lipinski definition) is 5. The number of benzene rings is 1. The average Bonchev–Trinajstić information content (AvgIpc) is 2.78. The summed E-state index contributed by atoms with van der Waals surface area (Å²) in [7, 11) is 1.58. The van der Waals surface area contributed by atoms with Crippen LogP contribution in [0.1, 0.15) is 18.9 Å². The summed E-state index contributed by atoms with van der Waals surface area (Å²) in [6.07, 6.45) is -0.768. The summed E-state index contributed by atoms with van der Waals surface area (Å²) in [6.45, 7) is 1.57. The van der Waals surface area contributed by atoms with E-state index in [4.69, 9.17) is 9.26 Å². The van der Waals surface area contributed by atoms with Crippen LogP contribution in [0.4, 0.5) is 0 Å². The maximum Gasteiger partial charge on any atom is 0.255 e. The highest BCUT2D eigenvalue weighted by atomic mass is 16.5. The zero-order valence-corrected chi connectivity index (χ0v) is 9.04. The molecule has 0 saturated heterocycles. The van der Waals surface area contributed by atoms with Crippen molar-refractivity contribution in [2.45, 2.75) is 13.0 Å². The Bertz CT molecular complexity index is 480. The standard InChI is InChI=1S/C11H12N2O3/c1-7(14)11-12-10(13-16-11)8-5-3-4-6-9(8)15-2/h3-7,14H,1-2H3. The fourth-order valence-corrected chi connectivity index (χ4v) is 1.34. The molecule has 5 heteroatoms. The quantitative estimate of drug-likeness (QED) is 0.854. The van der Waals surface area contributed by atoms with Gasteiger partial charge in [0.25, 0.3) is 5.89 Å². The van der Waals surface area contributed by atoms with Crippen LogP contribution in [0.25, 0.3) is 11.4 Å². The number of methoxy groups -OCH3 is 1. The highest BCUT2D eigenvalue weighted by Gasteiger charge is 2.15. The summed E-state index contributed by atoms with van der Waals surface area (Å²) in [5.74, 6) is 1.27. The molecule has 84 valence electrons. The number of ether oxygens (including phenoxy) is 1. The van der Waals surface area contributed by atoms with E-state index in [0.717, 1.165) is 5.56 Å². The molecule has 0 fully saturated rings. The van der Waals surface area contributed by atoms with Gasteiger partial charge in [0, 0.05) is 0 Å². The van der Waals surface area contributed by atoms with Crippen molar-refractivity contribution in [2.75, 3.05) is 7.11 Å². The number of rotatable bonds is 3. The molecule has 5 nitrogen and oxygen atoms in total. The molecular weight excluding hydrogens is 208 g/mol. The third kappa shape index (κ3) is 1.90. The van der Waals surface area contributed by atoms with Gasteiger partial charge in [-0.05, 0) is 19.1 Å². The molecule has 1 atom stereocenters. The molecule has 0 aliphatic carbocycles. The van der Waals surface area contributed by atoms with Gasteiger partial charge >= 0.3 is 0 Å². The van der Waals surface area contributed by atoms with Crippen molar-refractivity contribution in [2.24, 2.45) is 0 Å². The van der Waals surface area contributed by atoms with Gasteiger partial charge in [-0.3, -0.25) is 0 Å². The molecule has 0 radical (unpaired) electrons. The Morgan fingerprint density at radius 2 is 2.12 bits per heavy atom. The predicted molar refractivity (Wildman–Crippen MR) is 56.9 cm³/mol. The van der Waals surface area contributed by atoms with Gasteiger partial charge in [-0.1, -0.05) is 17.3 Å². The van der Waals surface area contributed by atoms with E-state index in [1.165, 1.54) is 0 Å². The molecule has 0 amide bonds. The molecule has 16 heavy (non-hydrogen) atoms. The van der Waals surface area contributed by atoms with Gasteiger partial charge < -0.3 is 14.4 Å². The molecule has 2 aromatic rings. The van der Waals surface area contributed by atoms with Gasteiger partial charge in [0.1, 0.15) is 11.9 Å². The fraction of sp³-hybridized carbons (Fsp3) is 0.273. The van der Waals surface area contributed by atoms with E-state index >= 15 is 0 Å². The number of hydrogen-bond donors (Lipinski definition) is 1. The molecule has 0 bridgehead atoms. The number of nitrogens with zero attached hydrogens (tertiary/aromatic N) is 2. The van der Waals surface area contributed by atoms with Gasteiger partial charge in [0.05, 0.1) is 12.7 Å². The van der Waals surface area contributed by atoms with Crippen molar-refractivity contribution in [3.63, 3.8) is 0 Å². The van der Waals surface area contributed by atoms with E-state index in [9.17, 15) is 5.11 Å². The van der Waals surface area contributed by atoms with Crippen LogP contribution in [0, 0.1) is 0 Å². The van der Waals surface area contributed by atoms with Crippen LogP contribution in [0.15, 0.2) is 28.8 Å². The van der Waals surface area contributed by atoms with E-state index in [-0.39, 0.29) is 5.89 Å². The molecule has 0 saturated carbocycles. The van der Waals surface area contributed by atoms with E-state index in [1.54, 1.807) is 14.0 Å². The zero-order chi connectivity index (χ0) is 11.5. The van der Waals surface area contributed by atoms with Gasteiger partial charge in [0.15, 0.2) is 0 Å². The van der Waals surface area contributed by atoms with E-state index in [0.29, 0.717) is 11.6 Å². The Morgan fingerprint density at radius 1 is 1.38 bits per heavy atom. The number of aliphatic hydroxyl groups excluding tert-OH is 1. The Morgan fingerprint density at radius 3 is 2.75 bits per heavy atom. The molecular formula is C11H12N2O3. The molecule has 2 rings (SSSR count). The van der Waals surface area contributed by atoms with Crippen LogP contribution in [0.2, 0.25) is 0 Å². The fourth-order valence-electron chi connectivity index (χ4n) is 1.34. The summed E-state index contributed by atoms with van der Waals surface area (Å²) in [5.41, 5.74) is 0.737. The lowest BCUT2D eigenvalue weighted by Crippen LogP contribution is -1.91. The second kappa shape index (κ2) is 4.32. The summed E-state index contributed by atoms with van der Waals surface area (Å²) >= 11 is 0. The lowest BCUT2D eigenvalue weighted by atomic mass is 10.2. The summed E-state index contributed by atoms with van der Waals surface area (Å²) < 4.78 is 10.1. The second-order valence-corrected chi connectivity index (χ2v) is 3.33. The van der Waals surface area contributed by atoms with Crippen LogP contribution in [0.5, 0.6) is 5.75 Å². The van der Waals surface area contributed by atoms with Gasteiger partial charge in [-0.2, -0.15) is 4.98 Å². The second-order valence-electron chi connectivity index (χ2n) is 3.33. The molecule has 1 aromatic heterocycles. The topological polar surface area (TPSA) is 68.4 Å². The van der Waals surface area contributed by atoms with Crippen LogP contribution >= 0.6 is 0 Å². The van der Waals surface area contributed by atoms with Crippen LogP contribution in [-0.4, -0.2) is 22.4 Å². The van der Waals surface area contributed by atoms with Crippen molar-refractivity contribution in [1.82, 2.24) is 10.1 Å². The first-order valence-corrected chi connectivity index (χ1v) is 4.87. The Balaban J connectivity index is 2.42. The van der Waals surface area contributed by atoms with Crippen molar-refractivity contribution in [3.8, 4) is 17.1 Å². The number of para-hydroxylation sites is 1. The molecule has 1 N–H and O–H groups in total. The molecule has 1 aromatic carbocycles. The van der Waals surface area contributed by atoms with Gasteiger partial charge in [-0.15, -0.1) is 0 Å². The summed E-state index contributed by atoms with van der Waals surface area (Å²) in [6, 6.07) is 7.36. The lowest BCUT2D eigenvalue weighted by molar-refractivity contribution is 0.152. The minimum atomic E-state index is -0.768. The molecule has 0 aliphatic heterocycles. The maximum absolute atomic E-state index is 9.28. The minimum Gasteiger partial charge on any atom is -0.496 e. The highest BCUT2D eigenvalue weighted by Crippen LogP contribution is 2.27. The molecule has 1 unspecified atom stereocenters.